The standard InChI is InChI=1S/C19H21FN4O/c20-14-4-1-2-5-17(14)24-10-3-6-18(19(24)25)23-11-8-16-13(12-23)15(21)7-9-22-16/h1-2,4-5,7,9,18H,3,6,8,10-12H2,(H2,21,22). The van der Waals surface area contributed by atoms with E-state index in [0.29, 0.717) is 18.8 Å². The van der Waals surface area contributed by atoms with Gasteiger partial charge in [0.1, 0.15) is 5.82 Å². The molecule has 1 amide bonds. The summed E-state index contributed by atoms with van der Waals surface area (Å²) in [6.07, 6.45) is 4.16. The fourth-order valence-corrected chi connectivity index (χ4v) is 3.85. The smallest absolute Gasteiger partial charge is 0.244 e. The van der Waals surface area contributed by atoms with E-state index >= 15 is 0 Å². The number of benzene rings is 1. The molecule has 2 N–H and O–H groups in total. The van der Waals surface area contributed by atoms with Crippen LogP contribution in [0.25, 0.3) is 0 Å². The monoisotopic (exact) mass is 340 g/mol. The molecule has 130 valence electrons. The summed E-state index contributed by atoms with van der Waals surface area (Å²) in [5.41, 5.74) is 9.23. The van der Waals surface area contributed by atoms with Crippen molar-refractivity contribution >= 4 is 17.3 Å². The number of aromatic nitrogens is 1. The van der Waals surface area contributed by atoms with Crippen molar-refractivity contribution in [3.05, 3.63) is 53.6 Å². The van der Waals surface area contributed by atoms with Crippen LogP contribution in [0.4, 0.5) is 15.8 Å². The Morgan fingerprint density at radius 1 is 1.20 bits per heavy atom. The van der Waals surface area contributed by atoms with E-state index in [9.17, 15) is 9.18 Å². The predicted molar refractivity (Wildman–Crippen MR) is 94.5 cm³/mol. The molecule has 3 heterocycles. The van der Waals surface area contributed by atoms with Gasteiger partial charge < -0.3 is 10.6 Å². The van der Waals surface area contributed by atoms with Crippen molar-refractivity contribution in [1.82, 2.24) is 9.88 Å². The number of pyridine rings is 1. The summed E-state index contributed by atoms with van der Waals surface area (Å²) in [5.74, 6) is -0.379. The van der Waals surface area contributed by atoms with Crippen molar-refractivity contribution in [3.8, 4) is 0 Å². The normalized spacial score (nSPS) is 21.2. The first-order chi connectivity index (χ1) is 12.1. The third-order valence-electron chi connectivity index (χ3n) is 5.17. The summed E-state index contributed by atoms with van der Waals surface area (Å²) < 4.78 is 14.1. The summed E-state index contributed by atoms with van der Waals surface area (Å²) in [4.78, 5) is 21.2. The zero-order valence-electron chi connectivity index (χ0n) is 14.0. The molecule has 0 spiro atoms. The molecule has 2 aliphatic rings. The summed E-state index contributed by atoms with van der Waals surface area (Å²) in [6, 6.07) is 8.04. The molecular formula is C19H21FN4O. The Balaban J connectivity index is 1.58. The molecule has 1 fully saturated rings. The largest absolute Gasteiger partial charge is 0.398 e. The molecule has 2 aliphatic heterocycles. The number of nitrogens with zero attached hydrogens (tertiary/aromatic N) is 3. The van der Waals surface area contributed by atoms with Crippen LogP contribution < -0.4 is 10.6 Å². The molecule has 1 atom stereocenters. The van der Waals surface area contributed by atoms with Crippen LogP contribution in [-0.2, 0) is 17.8 Å². The number of carbonyl (C=O) groups is 1. The highest BCUT2D eigenvalue weighted by atomic mass is 19.1. The Morgan fingerprint density at radius 2 is 2.04 bits per heavy atom. The highest BCUT2D eigenvalue weighted by molar-refractivity contribution is 5.98. The first kappa shape index (κ1) is 16.0. The number of hydrogen-bond donors (Lipinski definition) is 1. The molecule has 0 aliphatic carbocycles. The minimum absolute atomic E-state index is 0.0257. The molecule has 5 nitrogen and oxygen atoms in total. The van der Waals surface area contributed by atoms with Crippen molar-refractivity contribution in [3.63, 3.8) is 0 Å². The number of nitrogens with two attached hydrogens (primary N) is 1. The molecule has 0 bridgehead atoms. The number of amides is 1. The zero-order chi connectivity index (χ0) is 17.4. The fourth-order valence-electron chi connectivity index (χ4n) is 3.85. The first-order valence-electron chi connectivity index (χ1n) is 8.67. The highest BCUT2D eigenvalue weighted by Crippen LogP contribution is 2.30. The molecular weight excluding hydrogens is 319 g/mol. The summed E-state index contributed by atoms with van der Waals surface area (Å²) in [6.45, 7) is 1.95. The van der Waals surface area contributed by atoms with Crippen molar-refractivity contribution in [2.45, 2.75) is 31.8 Å². The van der Waals surface area contributed by atoms with Crippen LogP contribution >= 0.6 is 0 Å². The minimum atomic E-state index is -0.353. The Morgan fingerprint density at radius 3 is 2.88 bits per heavy atom. The van der Waals surface area contributed by atoms with Crippen molar-refractivity contribution in [2.24, 2.45) is 0 Å². The van der Waals surface area contributed by atoms with Gasteiger partial charge >= 0.3 is 0 Å². The second-order valence-corrected chi connectivity index (χ2v) is 6.65. The second kappa shape index (κ2) is 6.44. The maximum atomic E-state index is 14.1. The molecule has 1 saturated heterocycles. The molecule has 1 aromatic heterocycles. The topological polar surface area (TPSA) is 62.5 Å². The average Bonchev–Trinajstić information content (AvgIpc) is 2.63. The maximum Gasteiger partial charge on any atom is 0.244 e. The van der Waals surface area contributed by atoms with Crippen molar-refractivity contribution in [1.29, 1.82) is 0 Å². The Hall–Kier alpha value is -2.47. The minimum Gasteiger partial charge on any atom is -0.398 e. The predicted octanol–water partition coefficient (Wildman–Crippen LogP) is 2.36. The molecule has 0 saturated carbocycles. The van der Waals surface area contributed by atoms with Gasteiger partial charge in [-0.3, -0.25) is 14.7 Å². The van der Waals surface area contributed by atoms with Gasteiger partial charge in [-0.2, -0.15) is 0 Å². The van der Waals surface area contributed by atoms with Gasteiger partial charge in [0.05, 0.1) is 11.7 Å². The fraction of sp³-hybridized carbons (Fsp3) is 0.368. The van der Waals surface area contributed by atoms with Crippen molar-refractivity contribution in [2.75, 3.05) is 23.7 Å². The lowest BCUT2D eigenvalue weighted by molar-refractivity contribution is -0.125. The van der Waals surface area contributed by atoms with Gasteiger partial charge in [-0.05, 0) is 31.0 Å². The summed E-state index contributed by atoms with van der Waals surface area (Å²) in [7, 11) is 0. The third kappa shape index (κ3) is 2.87. The Kier molecular flexibility index (Phi) is 4.13. The van der Waals surface area contributed by atoms with E-state index in [0.717, 1.165) is 42.8 Å². The lowest BCUT2D eigenvalue weighted by Crippen LogP contribution is -2.54. The number of para-hydroxylation sites is 1. The highest BCUT2D eigenvalue weighted by Gasteiger charge is 2.36. The van der Waals surface area contributed by atoms with Crippen LogP contribution in [0.2, 0.25) is 0 Å². The van der Waals surface area contributed by atoms with E-state index in [-0.39, 0.29) is 17.8 Å². The average molecular weight is 340 g/mol. The van der Waals surface area contributed by atoms with Gasteiger partial charge in [0, 0.05) is 49.2 Å². The number of halogens is 1. The second-order valence-electron chi connectivity index (χ2n) is 6.65. The molecule has 1 unspecified atom stereocenters. The van der Waals surface area contributed by atoms with Crippen LogP contribution in [0.3, 0.4) is 0 Å². The quantitative estimate of drug-likeness (QED) is 0.912. The first-order valence-corrected chi connectivity index (χ1v) is 8.67. The summed E-state index contributed by atoms with van der Waals surface area (Å²) in [5, 5.41) is 0. The Labute approximate surface area is 146 Å². The zero-order valence-corrected chi connectivity index (χ0v) is 14.0. The number of nitrogen functional groups attached to an aromatic ring is 1. The number of piperidine rings is 1. The number of rotatable bonds is 2. The van der Waals surface area contributed by atoms with Crippen LogP contribution in [0.5, 0.6) is 0 Å². The van der Waals surface area contributed by atoms with Crippen LogP contribution in [0.15, 0.2) is 36.5 Å². The van der Waals surface area contributed by atoms with E-state index in [2.05, 4.69) is 9.88 Å². The van der Waals surface area contributed by atoms with Gasteiger partial charge in [-0.25, -0.2) is 4.39 Å². The van der Waals surface area contributed by atoms with E-state index in [1.54, 1.807) is 35.4 Å². The van der Waals surface area contributed by atoms with E-state index < -0.39 is 0 Å². The lowest BCUT2D eigenvalue weighted by Gasteiger charge is -2.40. The molecule has 4 rings (SSSR count). The van der Waals surface area contributed by atoms with Crippen LogP contribution in [-0.4, -0.2) is 34.9 Å². The Bertz CT molecular complexity index is 810. The molecule has 25 heavy (non-hydrogen) atoms. The van der Waals surface area contributed by atoms with Crippen LogP contribution in [0.1, 0.15) is 24.1 Å². The van der Waals surface area contributed by atoms with E-state index in [1.165, 1.54) is 6.07 Å². The molecule has 2 aromatic rings. The van der Waals surface area contributed by atoms with Gasteiger partial charge in [0.25, 0.3) is 0 Å². The third-order valence-corrected chi connectivity index (χ3v) is 5.17. The number of hydrogen-bond acceptors (Lipinski definition) is 4. The van der Waals surface area contributed by atoms with E-state index in [1.807, 2.05) is 0 Å². The number of carbonyl (C=O) groups excluding carboxylic acids is 1. The molecule has 1 aromatic carbocycles. The van der Waals surface area contributed by atoms with E-state index in [4.69, 9.17) is 5.73 Å². The van der Waals surface area contributed by atoms with Gasteiger partial charge in [0.2, 0.25) is 5.91 Å². The van der Waals surface area contributed by atoms with Gasteiger partial charge in [-0.15, -0.1) is 0 Å². The van der Waals surface area contributed by atoms with Gasteiger partial charge in [-0.1, -0.05) is 12.1 Å². The molecule has 6 heteroatoms. The van der Waals surface area contributed by atoms with Crippen LogP contribution in [0, 0.1) is 5.82 Å². The van der Waals surface area contributed by atoms with Gasteiger partial charge in [0.15, 0.2) is 0 Å². The SMILES string of the molecule is Nc1ccnc2c1CN(C1CCCN(c3ccccc3F)C1=O)CC2. The van der Waals surface area contributed by atoms with Crippen molar-refractivity contribution < 1.29 is 9.18 Å². The number of fused-ring (bicyclic) bond motifs is 1. The lowest BCUT2D eigenvalue weighted by atomic mass is 9.97. The maximum absolute atomic E-state index is 14.1. The molecule has 0 radical (unpaired) electrons. The summed E-state index contributed by atoms with van der Waals surface area (Å²) >= 11 is 0. The number of anilines is 2.